The molecule has 0 amide bonds. The molecule has 0 heterocycles. The van der Waals surface area contributed by atoms with Crippen LogP contribution in [0.2, 0.25) is 0 Å². The highest BCUT2D eigenvalue weighted by Gasteiger charge is 2.26. The zero-order valence-corrected chi connectivity index (χ0v) is 12.7. The smallest absolute Gasteiger partial charge is 0.350 e. The van der Waals surface area contributed by atoms with E-state index in [1.165, 1.54) is 24.3 Å². The van der Waals surface area contributed by atoms with Crippen molar-refractivity contribution < 1.29 is 28.9 Å². The van der Waals surface area contributed by atoms with Crippen LogP contribution in [0.5, 0.6) is 5.75 Å². The molecule has 0 saturated carbocycles. The van der Waals surface area contributed by atoms with Gasteiger partial charge in [0.2, 0.25) is 0 Å². The van der Waals surface area contributed by atoms with Gasteiger partial charge >= 0.3 is 11.9 Å². The highest BCUT2D eigenvalue weighted by atomic mass is 16.6. The number of non-ortho nitro benzene ring substituents is 1. The number of rotatable bonds is 5. The van der Waals surface area contributed by atoms with Crippen molar-refractivity contribution in [1.29, 1.82) is 0 Å². The molecule has 0 bridgehead atoms. The fraction of sp³-hybridized carbons (Fsp3) is 0.0667. The Labute approximate surface area is 139 Å². The van der Waals surface area contributed by atoms with Gasteiger partial charge in [-0.1, -0.05) is 12.1 Å². The minimum Gasteiger partial charge on any atom is -0.465 e. The number of esters is 2. The third kappa shape index (κ3) is 3.75. The Hall–Kier alpha value is -3.82. The van der Waals surface area contributed by atoms with E-state index >= 15 is 0 Å². The van der Waals surface area contributed by atoms with Crippen molar-refractivity contribution in [2.75, 3.05) is 7.11 Å². The van der Waals surface area contributed by atoms with Crippen molar-refractivity contribution in [3.8, 4) is 5.75 Å². The van der Waals surface area contributed by atoms with Gasteiger partial charge in [0.25, 0.3) is 11.4 Å². The summed E-state index contributed by atoms with van der Waals surface area (Å²) in [6, 6.07) is 8.16. The lowest BCUT2D eigenvalue weighted by molar-refractivity contribution is -0.394. The first-order valence-corrected chi connectivity index (χ1v) is 6.67. The number of ether oxygens (including phenoxy) is 2. The molecule has 0 fully saturated rings. The van der Waals surface area contributed by atoms with Crippen molar-refractivity contribution in [2.45, 2.75) is 0 Å². The van der Waals surface area contributed by atoms with Crippen LogP contribution in [-0.4, -0.2) is 28.9 Å². The van der Waals surface area contributed by atoms with Gasteiger partial charge in [0, 0.05) is 6.07 Å². The maximum absolute atomic E-state index is 12.2. The second-order valence-corrected chi connectivity index (χ2v) is 4.59. The SMILES string of the molecule is COC(=O)c1ccccc1OC(=O)c1ccc([N+](=O)[O-])cc1[N+](=O)[O-]. The molecule has 0 aliphatic heterocycles. The van der Waals surface area contributed by atoms with Crippen molar-refractivity contribution in [2.24, 2.45) is 0 Å². The lowest BCUT2D eigenvalue weighted by atomic mass is 10.1. The topological polar surface area (TPSA) is 139 Å². The van der Waals surface area contributed by atoms with Crippen LogP contribution in [-0.2, 0) is 4.74 Å². The van der Waals surface area contributed by atoms with Crippen LogP contribution in [0.4, 0.5) is 11.4 Å². The van der Waals surface area contributed by atoms with E-state index in [0.717, 1.165) is 19.2 Å². The molecule has 0 aliphatic carbocycles. The first kappa shape index (κ1) is 17.5. The number of nitro benzene ring substituents is 2. The second kappa shape index (κ2) is 7.17. The van der Waals surface area contributed by atoms with Gasteiger partial charge in [-0.05, 0) is 18.2 Å². The van der Waals surface area contributed by atoms with Crippen LogP contribution in [0.25, 0.3) is 0 Å². The van der Waals surface area contributed by atoms with E-state index in [2.05, 4.69) is 4.74 Å². The maximum atomic E-state index is 12.2. The summed E-state index contributed by atoms with van der Waals surface area (Å²) in [7, 11) is 1.14. The van der Waals surface area contributed by atoms with Crippen molar-refractivity contribution in [3.63, 3.8) is 0 Å². The minimum atomic E-state index is -1.14. The molecule has 10 heteroatoms. The maximum Gasteiger partial charge on any atom is 0.350 e. The van der Waals surface area contributed by atoms with Crippen LogP contribution in [0.1, 0.15) is 20.7 Å². The van der Waals surface area contributed by atoms with E-state index in [0.29, 0.717) is 6.07 Å². The summed E-state index contributed by atoms with van der Waals surface area (Å²) in [4.78, 5) is 43.9. The van der Waals surface area contributed by atoms with Gasteiger partial charge in [-0.2, -0.15) is 0 Å². The summed E-state index contributed by atoms with van der Waals surface area (Å²) < 4.78 is 9.59. The number of hydrogen-bond acceptors (Lipinski definition) is 8. The third-order valence-corrected chi connectivity index (χ3v) is 3.10. The standard InChI is InChI=1S/C15H10N2O8/c1-24-14(18)11-4-2-3-5-13(11)25-15(19)10-7-6-9(16(20)21)8-12(10)17(22)23/h2-8H,1H3. The van der Waals surface area contributed by atoms with E-state index in [9.17, 15) is 29.8 Å². The van der Waals surface area contributed by atoms with Gasteiger partial charge in [-0.25, -0.2) is 9.59 Å². The monoisotopic (exact) mass is 346 g/mol. The molecule has 0 spiro atoms. The average molecular weight is 346 g/mol. The largest absolute Gasteiger partial charge is 0.465 e. The molecule has 0 unspecified atom stereocenters. The summed E-state index contributed by atoms with van der Waals surface area (Å²) in [6.45, 7) is 0. The van der Waals surface area contributed by atoms with Crippen LogP contribution >= 0.6 is 0 Å². The molecule has 0 aliphatic rings. The Morgan fingerprint density at radius 3 is 2.20 bits per heavy atom. The average Bonchev–Trinajstić information content (AvgIpc) is 2.60. The summed E-state index contributed by atoms with van der Waals surface area (Å²) >= 11 is 0. The number of benzene rings is 2. The van der Waals surface area contributed by atoms with Gasteiger partial charge in [-0.15, -0.1) is 0 Å². The highest BCUT2D eigenvalue weighted by Crippen LogP contribution is 2.27. The molecular formula is C15H10N2O8. The molecule has 0 radical (unpaired) electrons. The predicted molar refractivity (Wildman–Crippen MR) is 82.5 cm³/mol. The van der Waals surface area contributed by atoms with Crippen LogP contribution in [0.15, 0.2) is 42.5 Å². The zero-order chi connectivity index (χ0) is 18.6. The molecule has 2 rings (SSSR count). The minimum absolute atomic E-state index is 0.0529. The van der Waals surface area contributed by atoms with Gasteiger partial charge < -0.3 is 9.47 Å². The second-order valence-electron chi connectivity index (χ2n) is 4.59. The Kier molecular flexibility index (Phi) is 5.03. The van der Waals surface area contributed by atoms with E-state index in [4.69, 9.17) is 4.74 Å². The summed E-state index contributed by atoms with van der Waals surface area (Å²) in [5.74, 6) is -2.06. The molecule has 0 aromatic heterocycles. The molecule has 2 aromatic rings. The van der Waals surface area contributed by atoms with Crippen LogP contribution < -0.4 is 4.74 Å². The van der Waals surface area contributed by atoms with Crippen molar-refractivity contribution >= 4 is 23.3 Å². The van der Waals surface area contributed by atoms with Crippen molar-refractivity contribution in [1.82, 2.24) is 0 Å². The molecule has 0 atom stereocenters. The van der Waals surface area contributed by atoms with E-state index in [-0.39, 0.29) is 11.3 Å². The van der Waals surface area contributed by atoms with Gasteiger partial charge in [0.1, 0.15) is 16.9 Å². The van der Waals surface area contributed by atoms with Gasteiger partial charge in [0.05, 0.1) is 23.0 Å². The van der Waals surface area contributed by atoms with Crippen LogP contribution in [0.3, 0.4) is 0 Å². The number of hydrogen-bond donors (Lipinski definition) is 0. The normalized spacial score (nSPS) is 9.96. The third-order valence-electron chi connectivity index (χ3n) is 3.10. The number of methoxy groups -OCH3 is 1. The quantitative estimate of drug-likeness (QED) is 0.348. The van der Waals surface area contributed by atoms with E-state index < -0.39 is 38.7 Å². The fourth-order valence-corrected chi connectivity index (χ4v) is 1.95. The number of nitrogens with zero attached hydrogens (tertiary/aromatic N) is 2. The Morgan fingerprint density at radius 1 is 0.920 bits per heavy atom. The fourth-order valence-electron chi connectivity index (χ4n) is 1.95. The molecular weight excluding hydrogens is 336 g/mol. The summed E-state index contributed by atoms with van der Waals surface area (Å²) in [5, 5.41) is 21.8. The van der Waals surface area contributed by atoms with Crippen molar-refractivity contribution in [3.05, 3.63) is 73.8 Å². The number of para-hydroxylation sites is 1. The van der Waals surface area contributed by atoms with E-state index in [1.807, 2.05) is 0 Å². The number of nitro groups is 2. The molecule has 0 N–H and O–H groups in total. The Balaban J connectivity index is 2.41. The lowest BCUT2D eigenvalue weighted by Crippen LogP contribution is -2.14. The molecule has 128 valence electrons. The number of carbonyl (C=O) groups is 2. The van der Waals surface area contributed by atoms with E-state index in [1.54, 1.807) is 0 Å². The summed E-state index contributed by atoms with van der Waals surface area (Å²) in [6.07, 6.45) is 0. The molecule has 10 nitrogen and oxygen atoms in total. The highest BCUT2D eigenvalue weighted by molar-refractivity contribution is 5.98. The van der Waals surface area contributed by atoms with Gasteiger partial charge in [0.15, 0.2) is 0 Å². The molecule has 0 saturated heterocycles. The molecule has 2 aromatic carbocycles. The van der Waals surface area contributed by atoms with Crippen LogP contribution in [0, 0.1) is 20.2 Å². The first-order valence-electron chi connectivity index (χ1n) is 6.67. The molecule has 25 heavy (non-hydrogen) atoms. The van der Waals surface area contributed by atoms with Gasteiger partial charge in [-0.3, -0.25) is 20.2 Å². The Morgan fingerprint density at radius 2 is 1.60 bits per heavy atom. The first-order chi connectivity index (χ1) is 11.8. The zero-order valence-electron chi connectivity index (χ0n) is 12.7. The number of carbonyl (C=O) groups excluding carboxylic acids is 2. The predicted octanol–water partition coefficient (Wildman–Crippen LogP) is 2.51. The Bertz CT molecular complexity index is 878. The summed E-state index contributed by atoms with van der Waals surface area (Å²) in [5.41, 5.74) is -1.87. The lowest BCUT2D eigenvalue weighted by Gasteiger charge is -2.08.